The molecule has 162 valence electrons. The topological polar surface area (TPSA) is 73.9 Å². The number of methoxy groups -OCH3 is 1. The number of esters is 1. The molecule has 0 fully saturated rings. The molecule has 1 aliphatic heterocycles. The number of carbonyl (C=O) groups excluding carboxylic acids is 2. The molecular weight excluding hydrogens is 382 g/mol. The maximum absolute atomic E-state index is 13.2. The standard InChI is InChI=1S/C24H31NO5/c1-6-29-17-9-7-8-16(12-17)21-20(23(27)30-11-10-28-5)15(2)25-18-13-24(3,4)14-19(26)22(18)21/h7-9,12,21,25H,6,10-11,13-14H2,1-5H3. The Kier molecular flexibility index (Phi) is 6.66. The fourth-order valence-electron chi connectivity index (χ4n) is 4.29. The highest BCUT2D eigenvalue weighted by molar-refractivity contribution is 6.04. The number of allylic oxidation sites excluding steroid dienone is 3. The van der Waals surface area contributed by atoms with E-state index in [4.69, 9.17) is 14.2 Å². The van der Waals surface area contributed by atoms with E-state index in [1.54, 1.807) is 7.11 Å². The van der Waals surface area contributed by atoms with Crippen LogP contribution < -0.4 is 10.1 Å². The molecule has 1 aromatic carbocycles. The molecule has 1 aliphatic carbocycles. The zero-order valence-corrected chi connectivity index (χ0v) is 18.5. The molecule has 2 aliphatic rings. The molecule has 0 bridgehead atoms. The van der Waals surface area contributed by atoms with E-state index in [1.165, 1.54) is 0 Å². The van der Waals surface area contributed by atoms with Gasteiger partial charge in [0.2, 0.25) is 0 Å². The quantitative estimate of drug-likeness (QED) is 0.540. The summed E-state index contributed by atoms with van der Waals surface area (Å²) in [5.74, 6) is -0.146. The van der Waals surface area contributed by atoms with Crippen molar-refractivity contribution >= 4 is 11.8 Å². The number of benzene rings is 1. The fourth-order valence-corrected chi connectivity index (χ4v) is 4.29. The van der Waals surface area contributed by atoms with Gasteiger partial charge in [-0.1, -0.05) is 26.0 Å². The largest absolute Gasteiger partial charge is 0.494 e. The van der Waals surface area contributed by atoms with Crippen LogP contribution in [0.5, 0.6) is 5.75 Å². The van der Waals surface area contributed by atoms with Crippen molar-refractivity contribution in [2.75, 3.05) is 26.9 Å². The Morgan fingerprint density at radius 3 is 2.70 bits per heavy atom. The van der Waals surface area contributed by atoms with Crippen LogP contribution in [0.3, 0.4) is 0 Å². The van der Waals surface area contributed by atoms with Crippen LogP contribution in [0.15, 0.2) is 46.8 Å². The Balaban J connectivity index is 2.09. The molecule has 1 aromatic rings. The summed E-state index contributed by atoms with van der Waals surface area (Å²) in [6.45, 7) is 8.98. The molecule has 1 heterocycles. The average Bonchev–Trinajstić information content (AvgIpc) is 2.66. The molecule has 6 nitrogen and oxygen atoms in total. The van der Waals surface area contributed by atoms with Crippen molar-refractivity contribution in [2.45, 2.75) is 46.5 Å². The lowest BCUT2D eigenvalue weighted by Crippen LogP contribution is -2.38. The third-order valence-electron chi connectivity index (χ3n) is 5.48. The lowest BCUT2D eigenvalue weighted by Gasteiger charge is -2.39. The molecule has 0 amide bonds. The molecule has 0 saturated heterocycles. The van der Waals surface area contributed by atoms with Gasteiger partial charge in [-0.15, -0.1) is 0 Å². The lowest BCUT2D eigenvalue weighted by atomic mass is 9.68. The molecule has 0 radical (unpaired) electrons. The normalized spacial score (nSPS) is 20.6. The Labute approximate surface area is 178 Å². The maximum atomic E-state index is 13.2. The zero-order chi connectivity index (χ0) is 21.9. The number of Topliss-reactive ketones (excluding diaryl/α,β-unsaturated/α-hetero) is 1. The Hall–Kier alpha value is -2.60. The highest BCUT2D eigenvalue weighted by Crippen LogP contribution is 2.47. The van der Waals surface area contributed by atoms with E-state index in [2.05, 4.69) is 19.2 Å². The Morgan fingerprint density at radius 1 is 1.23 bits per heavy atom. The highest BCUT2D eigenvalue weighted by Gasteiger charge is 2.43. The van der Waals surface area contributed by atoms with Gasteiger partial charge in [0.15, 0.2) is 5.78 Å². The van der Waals surface area contributed by atoms with E-state index in [1.807, 2.05) is 38.1 Å². The van der Waals surface area contributed by atoms with Crippen molar-refractivity contribution in [3.63, 3.8) is 0 Å². The van der Waals surface area contributed by atoms with Crippen LogP contribution >= 0.6 is 0 Å². The summed E-state index contributed by atoms with van der Waals surface area (Å²) in [7, 11) is 1.56. The predicted molar refractivity (Wildman–Crippen MR) is 114 cm³/mol. The third-order valence-corrected chi connectivity index (χ3v) is 5.48. The average molecular weight is 414 g/mol. The zero-order valence-electron chi connectivity index (χ0n) is 18.5. The van der Waals surface area contributed by atoms with Crippen molar-refractivity contribution in [3.8, 4) is 5.75 Å². The van der Waals surface area contributed by atoms with Gasteiger partial charge >= 0.3 is 5.97 Å². The second-order valence-corrected chi connectivity index (χ2v) is 8.56. The van der Waals surface area contributed by atoms with Crippen LogP contribution in [-0.4, -0.2) is 38.7 Å². The SMILES string of the molecule is CCOc1cccc(C2C(C(=O)OCCOC)=C(C)NC3=C2C(=O)CC(C)(C)C3)c1. The van der Waals surface area contributed by atoms with Crippen LogP contribution in [0, 0.1) is 5.41 Å². The summed E-state index contributed by atoms with van der Waals surface area (Å²) >= 11 is 0. The number of hydrogen-bond donors (Lipinski definition) is 1. The Bertz CT molecular complexity index is 897. The number of nitrogens with one attached hydrogen (secondary N) is 1. The smallest absolute Gasteiger partial charge is 0.336 e. The van der Waals surface area contributed by atoms with Crippen LogP contribution in [0.2, 0.25) is 0 Å². The van der Waals surface area contributed by atoms with E-state index < -0.39 is 11.9 Å². The summed E-state index contributed by atoms with van der Waals surface area (Å²) in [5, 5.41) is 3.34. The van der Waals surface area contributed by atoms with E-state index in [0.29, 0.717) is 42.2 Å². The first-order valence-electron chi connectivity index (χ1n) is 10.4. The minimum atomic E-state index is -0.486. The number of dihydropyridines is 1. The maximum Gasteiger partial charge on any atom is 0.336 e. The first-order chi connectivity index (χ1) is 14.3. The summed E-state index contributed by atoms with van der Waals surface area (Å²) in [5.41, 5.74) is 3.46. The van der Waals surface area contributed by atoms with Gasteiger partial charge in [0.25, 0.3) is 0 Å². The van der Waals surface area contributed by atoms with Gasteiger partial charge in [-0.05, 0) is 43.4 Å². The van der Waals surface area contributed by atoms with Crippen LogP contribution in [0.1, 0.15) is 52.0 Å². The minimum absolute atomic E-state index is 0.0651. The molecule has 0 saturated carbocycles. The molecule has 1 atom stereocenters. The second kappa shape index (κ2) is 9.04. The lowest BCUT2D eigenvalue weighted by molar-refractivity contribution is -0.140. The monoisotopic (exact) mass is 413 g/mol. The number of ketones is 1. The highest BCUT2D eigenvalue weighted by atomic mass is 16.6. The van der Waals surface area contributed by atoms with Gasteiger partial charge in [-0.2, -0.15) is 0 Å². The van der Waals surface area contributed by atoms with Crippen LogP contribution in [0.25, 0.3) is 0 Å². The molecule has 6 heteroatoms. The van der Waals surface area contributed by atoms with Gasteiger partial charge in [0, 0.05) is 36.4 Å². The number of hydrogen-bond acceptors (Lipinski definition) is 6. The van der Waals surface area contributed by atoms with Gasteiger partial charge in [-0.3, -0.25) is 4.79 Å². The fraction of sp³-hybridized carbons (Fsp3) is 0.500. The summed E-state index contributed by atoms with van der Waals surface area (Å²) in [6, 6.07) is 7.62. The van der Waals surface area contributed by atoms with E-state index >= 15 is 0 Å². The van der Waals surface area contributed by atoms with Gasteiger partial charge in [-0.25, -0.2) is 4.79 Å². The van der Waals surface area contributed by atoms with E-state index in [9.17, 15) is 9.59 Å². The summed E-state index contributed by atoms with van der Waals surface area (Å²) < 4.78 is 16.1. The van der Waals surface area contributed by atoms with Crippen molar-refractivity contribution in [1.82, 2.24) is 5.32 Å². The van der Waals surface area contributed by atoms with Crippen molar-refractivity contribution < 1.29 is 23.8 Å². The third kappa shape index (κ3) is 4.59. The van der Waals surface area contributed by atoms with Crippen molar-refractivity contribution in [2.24, 2.45) is 5.41 Å². The second-order valence-electron chi connectivity index (χ2n) is 8.56. The molecular formula is C24H31NO5. The first kappa shape index (κ1) is 22.1. The molecule has 3 rings (SSSR count). The summed E-state index contributed by atoms with van der Waals surface area (Å²) in [4.78, 5) is 26.3. The predicted octanol–water partition coefficient (Wildman–Crippen LogP) is 3.88. The number of rotatable bonds is 7. The van der Waals surface area contributed by atoms with Crippen molar-refractivity contribution in [3.05, 3.63) is 52.4 Å². The van der Waals surface area contributed by atoms with Gasteiger partial charge in [0.05, 0.1) is 18.8 Å². The molecule has 1 N–H and O–H groups in total. The minimum Gasteiger partial charge on any atom is -0.494 e. The molecule has 30 heavy (non-hydrogen) atoms. The number of ether oxygens (including phenoxy) is 3. The first-order valence-corrected chi connectivity index (χ1v) is 10.4. The number of carbonyl (C=O) groups is 2. The molecule has 1 unspecified atom stereocenters. The van der Waals surface area contributed by atoms with Crippen LogP contribution in [-0.2, 0) is 19.1 Å². The van der Waals surface area contributed by atoms with E-state index in [-0.39, 0.29) is 17.8 Å². The van der Waals surface area contributed by atoms with Gasteiger partial charge < -0.3 is 19.5 Å². The van der Waals surface area contributed by atoms with Crippen LogP contribution in [0.4, 0.5) is 0 Å². The molecule has 0 spiro atoms. The van der Waals surface area contributed by atoms with E-state index in [0.717, 1.165) is 17.7 Å². The van der Waals surface area contributed by atoms with Crippen molar-refractivity contribution in [1.29, 1.82) is 0 Å². The Morgan fingerprint density at radius 2 is 2.00 bits per heavy atom. The molecule has 0 aromatic heterocycles. The summed E-state index contributed by atoms with van der Waals surface area (Å²) in [6.07, 6.45) is 1.19. The van der Waals surface area contributed by atoms with Gasteiger partial charge in [0.1, 0.15) is 12.4 Å².